The van der Waals surface area contributed by atoms with Crippen molar-refractivity contribution in [2.75, 3.05) is 0 Å². The molecule has 0 unspecified atom stereocenters. The number of nitrogens with one attached hydrogen (secondary N) is 1. The Morgan fingerprint density at radius 2 is 2.17 bits per heavy atom. The Bertz CT molecular complexity index is 823. The molecular weight excluding hydrogens is 294 g/mol. The highest BCUT2D eigenvalue weighted by atomic mass is 16.3. The van der Waals surface area contributed by atoms with Crippen molar-refractivity contribution in [1.82, 2.24) is 25.1 Å². The molecule has 1 atom stereocenters. The van der Waals surface area contributed by atoms with Gasteiger partial charge in [-0.15, -0.1) is 0 Å². The van der Waals surface area contributed by atoms with Crippen LogP contribution >= 0.6 is 0 Å². The van der Waals surface area contributed by atoms with Crippen molar-refractivity contribution in [3.63, 3.8) is 0 Å². The molecule has 7 heteroatoms. The summed E-state index contributed by atoms with van der Waals surface area (Å²) in [4.78, 5) is 20.5. The predicted octanol–water partition coefficient (Wildman–Crippen LogP) is 2.36. The van der Waals surface area contributed by atoms with E-state index in [2.05, 4.69) is 20.4 Å². The molecule has 0 spiro atoms. The molecule has 3 aromatic rings. The van der Waals surface area contributed by atoms with Gasteiger partial charge >= 0.3 is 0 Å². The summed E-state index contributed by atoms with van der Waals surface area (Å²) in [6, 6.07) is 5.12. The fourth-order valence-corrected chi connectivity index (χ4v) is 2.45. The van der Waals surface area contributed by atoms with Crippen LogP contribution in [0.25, 0.3) is 5.82 Å². The molecule has 0 saturated carbocycles. The second kappa shape index (κ2) is 6.04. The highest BCUT2D eigenvalue weighted by molar-refractivity contribution is 5.94. The second-order valence-corrected chi connectivity index (χ2v) is 5.31. The van der Waals surface area contributed by atoms with Crippen LogP contribution in [0, 0.1) is 13.8 Å². The minimum Gasteiger partial charge on any atom is -0.466 e. The standard InChI is InChI=1S/C16H17N5O2/c1-10-6-14(12(3)23-10)11(2)20-16(22)13-4-5-18-15(7-13)21-9-17-8-19-21/h4-9,11H,1-3H3,(H,20,22)/t11-/m0/s1. The third kappa shape index (κ3) is 3.13. The number of aromatic nitrogens is 4. The number of hydrogen-bond donors (Lipinski definition) is 1. The minimum atomic E-state index is -0.181. The lowest BCUT2D eigenvalue weighted by Gasteiger charge is -2.13. The smallest absolute Gasteiger partial charge is 0.251 e. The van der Waals surface area contributed by atoms with E-state index < -0.39 is 0 Å². The lowest BCUT2D eigenvalue weighted by molar-refractivity contribution is 0.0939. The zero-order valence-corrected chi connectivity index (χ0v) is 13.1. The van der Waals surface area contributed by atoms with Crippen molar-refractivity contribution in [2.24, 2.45) is 0 Å². The number of pyridine rings is 1. The Labute approximate surface area is 133 Å². The fraction of sp³-hybridized carbons (Fsp3) is 0.250. The summed E-state index contributed by atoms with van der Waals surface area (Å²) < 4.78 is 7.01. The van der Waals surface area contributed by atoms with E-state index in [9.17, 15) is 4.79 Å². The molecule has 23 heavy (non-hydrogen) atoms. The summed E-state index contributed by atoms with van der Waals surface area (Å²) >= 11 is 0. The van der Waals surface area contributed by atoms with Crippen molar-refractivity contribution in [2.45, 2.75) is 26.8 Å². The van der Waals surface area contributed by atoms with Gasteiger partial charge in [-0.1, -0.05) is 0 Å². The zero-order chi connectivity index (χ0) is 16.4. The summed E-state index contributed by atoms with van der Waals surface area (Å²) in [7, 11) is 0. The third-order valence-electron chi connectivity index (χ3n) is 3.55. The number of nitrogens with zero attached hydrogens (tertiary/aromatic N) is 4. The molecule has 0 aliphatic rings. The molecule has 0 bridgehead atoms. The molecule has 1 N–H and O–H groups in total. The molecule has 0 fully saturated rings. The van der Waals surface area contributed by atoms with E-state index in [0.29, 0.717) is 11.4 Å². The third-order valence-corrected chi connectivity index (χ3v) is 3.55. The second-order valence-electron chi connectivity index (χ2n) is 5.31. The van der Waals surface area contributed by atoms with Gasteiger partial charge < -0.3 is 9.73 Å². The first-order chi connectivity index (χ1) is 11.0. The topological polar surface area (TPSA) is 85.8 Å². The van der Waals surface area contributed by atoms with Crippen LogP contribution in [0.2, 0.25) is 0 Å². The average molecular weight is 311 g/mol. The number of aryl methyl sites for hydroxylation is 2. The quantitative estimate of drug-likeness (QED) is 0.799. The molecule has 0 aliphatic carbocycles. The highest BCUT2D eigenvalue weighted by Gasteiger charge is 2.16. The number of furan rings is 1. The first kappa shape index (κ1) is 15.0. The van der Waals surface area contributed by atoms with Crippen molar-refractivity contribution in [3.05, 3.63) is 59.7 Å². The molecule has 3 rings (SSSR count). The van der Waals surface area contributed by atoms with Crippen LogP contribution < -0.4 is 5.32 Å². The number of carbonyl (C=O) groups excluding carboxylic acids is 1. The van der Waals surface area contributed by atoms with E-state index in [4.69, 9.17) is 4.42 Å². The Morgan fingerprint density at radius 1 is 1.35 bits per heavy atom. The molecule has 0 aromatic carbocycles. The van der Waals surface area contributed by atoms with E-state index in [1.165, 1.54) is 17.3 Å². The van der Waals surface area contributed by atoms with Crippen LogP contribution in [0.5, 0.6) is 0 Å². The van der Waals surface area contributed by atoms with E-state index >= 15 is 0 Å². The molecule has 118 valence electrons. The summed E-state index contributed by atoms with van der Waals surface area (Å²) in [6.45, 7) is 5.70. The molecule has 7 nitrogen and oxygen atoms in total. The number of rotatable bonds is 4. The Kier molecular flexibility index (Phi) is 3.92. The molecule has 3 heterocycles. The van der Waals surface area contributed by atoms with Crippen molar-refractivity contribution >= 4 is 5.91 Å². The van der Waals surface area contributed by atoms with Crippen LogP contribution in [0.4, 0.5) is 0 Å². The summed E-state index contributed by atoms with van der Waals surface area (Å²) in [6.07, 6.45) is 4.52. The monoisotopic (exact) mass is 311 g/mol. The van der Waals surface area contributed by atoms with Gasteiger partial charge in [0.1, 0.15) is 24.2 Å². The van der Waals surface area contributed by atoms with Crippen LogP contribution in [-0.4, -0.2) is 25.7 Å². The van der Waals surface area contributed by atoms with Crippen molar-refractivity contribution < 1.29 is 9.21 Å². The van der Waals surface area contributed by atoms with Crippen molar-refractivity contribution in [3.8, 4) is 5.82 Å². The molecule has 3 aromatic heterocycles. The van der Waals surface area contributed by atoms with Gasteiger partial charge in [0.2, 0.25) is 0 Å². The predicted molar refractivity (Wildman–Crippen MR) is 83.2 cm³/mol. The summed E-state index contributed by atoms with van der Waals surface area (Å²) in [5.41, 5.74) is 1.48. The van der Waals surface area contributed by atoms with Gasteiger partial charge in [0.05, 0.1) is 6.04 Å². The number of hydrogen-bond acceptors (Lipinski definition) is 5. The van der Waals surface area contributed by atoms with Crippen LogP contribution in [-0.2, 0) is 0 Å². The van der Waals surface area contributed by atoms with E-state index in [1.54, 1.807) is 18.3 Å². The van der Waals surface area contributed by atoms with E-state index in [-0.39, 0.29) is 11.9 Å². The summed E-state index contributed by atoms with van der Waals surface area (Å²) in [5.74, 6) is 2.00. The van der Waals surface area contributed by atoms with Gasteiger partial charge in [0.15, 0.2) is 5.82 Å². The lowest BCUT2D eigenvalue weighted by atomic mass is 10.1. The Morgan fingerprint density at radius 3 is 2.83 bits per heavy atom. The Balaban J connectivity index is 1.78. The minimum absolute atomic E-state index is 0.150. The number of amides is 1. The zero-order valence-electron chi connectivity index (χ0n) is 13.1. The average Bonchev–Trinajstić information content (AvgIpc) is 3.17. The van der Waals surface area contributed by atoms with Gasteiger partial charge in [0, 0.05) is 17.3 Å². The van der Waals surface area contributed by atoms with Crippen molar-refractivity contribution in [1.29, 1.82) is 0 Å². The van der Waals surface area contributed by atoms with Gasteiger partial charge in [-0.25, -0.2) is 14.6 Å². The molecule has 0 aliphatic heterocycles. The van der Waals surface area contributed by atoms with Crippen LogP contribution in [0.3, 0.4) is 0 Å². The SMILES string of the molecule is Cc1cc([C@H](C)NC(=O)c2ccnc(-n3cncn3)c2)c(C)o1. The maximum absolute atomic E-state index is 12.5. The maximum Gasteiger partial charge on any atom is 0.251 e. The fourth-order valence-electron chi connectivity index (χ4n) is 2.45. The normalized spacial score (nSPS) is 12.1. The molecule has 1 amide bonds. The van der Waals surface area contributed by atoms with E-state index in [1.807, 2.05) is 26.8 Å². The summed E-state index contributed by atoms with van der Waals surface area (Å²) in [5, 5.41) is 6.98. The van der Waals surface area contributed by atoms with Gasteiger partial charge in [0.25, 0.3) is 5.91 Å². The van der Waals surface area contributed by atoms with Gasteiger partial charge in [-0.3, -0.25) is 4.79 Å². The van der Waals surface area contributed by atoms with Gasteiger partial charge in [-0.2, -0.15) is 5.10 Å². The molecule has 0 saturated heterocycles. The first-order valence-corrected chi connectivity index (χ1v) is 7.23. The van der Waals surface area contributed by atoms with Gasteiger partial charge in [-0.05, 0) is 39.0 Å². The first-order valence-electron chi connectivity index (χ1n) is 7.23. The number of carbonyl (C=O) groups is 1. The van der Waals surface area contributed by atoms with E-state index in [0.717, 1.165) is 17.1 Å². The molecule has 0 radical (unpaired) electrons. The largest absolute Gasteiger partial charge is 0.466 e. The molecular formula is C16H17N5O2. The Hall–Kier alpha value is -2.96. The maximum atomic E-state index is 12.5. The highest BCUT2D eigenvalue weighted by Crippen LogP contribution is 2.21. The van der Waals surface area contributed by atoms with Crippen LogP contribution in [0.1, 0.15) is 40.4 Å². The lowest BCUT2D eigenvalue weighted by Crippen LogP contribution is -2.27. The van der Waals surface area contributed by atoms with Crippen LogP contribution in [0.15, 0.2) is 41.5 Å².